The third kappa shape index (κ3) is 2.54. The molecule has 0 aliphatic carbocycles. The maximum atomic E-state index is 12.8. The quantitative estimate of drug-likeness (QED) is 0.538. The number of fused-ring (bicyclic) bond motifs is 1. The smallest absolute Gasteiger partial charge is 0.193 e. The zero-order chi connectivity index (χ0) is 16.4. The first-order chi connectivity index (χ1) is 11.8. The fourth-order valence-corrected chi connectivity index (χ4v) is 2.62. The molecule has 114 valence electrons. The molecular formula is C20H13N3O. The molecule has 4 rings (SSSR count). The lowest BCUT2D eigenvalue weighted by atomic mass is 9.98. The molecular weight excluding hydrogens is 298 g/mol. The Kier molecular flexibility index (Phi) is 3.56. The lowest BCUT2D eigenvalue weighted by Gasteiger charge is -2.08. The van der Waals surface area contributed by atoms with E-state index in [0.717, 1.165) is 11.0 Å². The summed E-state index contributed by atoms with van der Waals surface area (Å²) < 4.78 is 0. The van der Waals surface area contributed by atoms with Gasteiger partial charge in [0.1, 0.15) is 5.52 Å². The topological polar surface area (TPSA) is 55.7 Å². The Morgan fingerprint density at radius 3 is 2.17 bits per heavy atom. The van der Waals surface area contributed by atoms with Gasteiger partial charge in [-0.1, -0.05) is 66.7 Å². The monoisotopic (exact) mass is 311 g/mol. The van der Waals surface area contributed by atoms with Crippen molar-refractivity contribution in [2.24, 2.45) is 0 Å². The van der Waals surface area contributed by atoms with E-state index in [0.29, 0.717) is 22.5 Å². The van der Waals surface area contributed by atoms with Crippen molar-refractivity contribution in [1.29, 1.82) is 0 Å². The molecule has 0 spiro atoms. The number of hydrogen-bond acceptors (Lipinski definition) is 4. The first kappa shape index (κ1) is 14.2. The molecule has 1 aromatic heterocycles. The van der Waals surface area contributed by atoms with Crippen LogP contribution in [-0.2, 0) is 0 Å². The van der Waals surface area contributed by atoms with Crippen molar-refractivity contribution in [3.63, 3.8) is 0 Å². The second-order valence-corrected chi connectivity index (χ2v) is 5.36. The zero-order valence-electron chi connectivity index (χ0n) is 12.8. The Morgan fingerprint density at radius 2 is 1.33 bits per heavy atom. The summed E-state index contributed by atoms with van der Waals surface area (Å²) in [5.74, 6) is 0.400. The van der Waals surface area contributed by atoms with Crippen LogP contribution in [-0.4, -0.2) is 21.0 Å². The minimum atomic E-state index is -0.0528. The van der Waals surface area contributed by atoms with Crippen LogP contribution in [0, 0.1) is 0 Å². The van der Waals surface area contributed by atoms with Crippen molar-refractivity contribution in [1.82, 2.24) is 15.2 Å². The van der Waals surface area contributed by atoms with Gasteiger partial charge >= 0.3 is 0 Å². The number of carbonyl (C=O) groups is 1. The number of aromatic nitrogens is 3. The van der Waals surface area contributed by atoms with Crippen molar-refractivity contribution < 1.29 is 4.79 Å². The largest absolute Gasteiger partial charge is 0.289 e. The van der Waals surface area contributed by atoms with E-state index >= 15 is 0 Å². The summed E-state index contributed by atoms with van der Waals surface area (Å²) in [6.45, 7) is 0. The van der Waals surface area contributed by atoms with Crippen molar-refractivity contribution in [2.45, 2.75) is 0 Å². The Bertz CT molecular complexity index is 1030. The molecule has 4 aromatic rings. The Balaban J connectivity index is 1.85. The van der Waals surface area contributed by atoms with Gasteiger partial charge in [0, 0.05) is 16.7 Å². The minimum absolute atomic E-state index is 0.0528. The van der Waals surface area contributed by atoms with E-state index < -0.39 is 0 Å². The summed E-state index contributed by atoms with van der Waals surface area (Å²) in [6.07, 6.45) is 0. The molecule has 0 saturated heterocycles. The van der Waals surface area contributed by atoms with Gasteiger partial charge in [-0.3, -0.25) is 4.79 Å². The highest BCUT2D eigenvalue weighted by Gasteiger charge is 2.16. The van der Waals surface area contributed by atoms with E-state index in [9.17, 15) is 4.79 Å². The average Bonchev–Trinajstić information content (AvgIpc) is 2.68. The van der Waals surface area contributed by atoms with Crippen LogP contribution < -0.4 is 0 Å². The van der Waals surface area contributed by atoms with Gasteiger partial charge in [0.25, 0.3) is 0 Å². The van der Waals surface area contributed by atoms with Gasteiger partial charge < -0.3 is 0 Å². The van der Waals surface area contributed by atoms with E-state index in [-0.39, 0.29) is 5.78 Å². The average molecular weight is 311 g/mol. The molecule has 4 nitrogen and oxygen atoms in total. The number of para-hydroxylation sites is 1. The first-order valence-electron chi connectivity index (χ1n) is 7.61. The highest BCUT2D eigenvalue weighted by Crippen LogP contribution is 2.23. The molecule has 1 heterocycles. The summed E-state index contributed by atoms with van der Waals surface area (Å²) in [6, 6.07) is 24.1. The molecule has 4 heteroatoms. The summed E-state index contributed by atoms with van der Waals surface area (Å²) >= 11 is 0. The lowest BCUT2D eigenvalue weighted by Crippen LogP contribution is -2.05. The molecule has 0 amide bonds. The predicted octanol–water partition coefficient (Wildman–Crippen LogP) is 3.92. The van der Waals surface area contributed by atoms with E-state index in [1.165, 1.54) is 0 Å². The Labute approximate surface area is 138 Å². The van der Waals surface area contributed by atoms with Crippen LogP contribution in [0.3, 0.4) is 0 Å². The van der Waals surface area contributed by atoms with Crippen LogP contribution >= 0.6 is 0 Å². The number of hydrogen-bond donors (Lipinski definition) is 0. The number of benzene rings is 3. The molecule has 0 radical (unpaired) electrons. The van der Waals surface area contributed by atoms with Crippen LogP contribution in [0.4, 0.5) is 0 Å². The maximum absolute atomic E-state index is 12.8. The van der Waals surface area contributed by atoms with Gasteiger partial charge in [0.15, 0.2) is 11.6 Å². The second kappa shape index (κ2) is 6.01. The molecule has 0 atom stereocenters. The fourth-order valence-electron chi connectivity index (χ4n) is 2.62. The maximum Gasteiger partial charge on any atom is 0.193 e. The van der Waals surface area contributed by atoms with E-state index in [2.05, 4.69) is 15.2 Å². The van der Waals surface area contributed by atoms with Gasteiger partial charge in [0.05, 0.1) is 5.52 Å². The Morgan fingerprint density at radius 1 is 0.667 bits per heavy atom. The summed E-state index contributed by atoms with van der Waals surface area (Å²) in [5, 5.41) is 8.41. The van der Waals surface area contributed by atoms with Crippen LogP contribution in [0.5, 0.6) is 0 Å². The molecule has 3 aromatic carbocycles. The predicted molar refractivity (Wildman–Crippen MR) is 92.6 cm³/mol. The molecule has 0 bridgehead atoms. The van der Waals surface area contributed by atoms with Crippen molar-refractivity contribution in [3.8, 4) is 11.4 Å². The van der Waals surface area contributed by atoms with Gasteiger partial charge in [-0.25, -0.2) is 4.98 Å². The molecule has 0 saturated carbocycles. The highest BCUT2D eigenvalue weighted by molar-refractivity contribution is 6.12. The third-order valence-electron chi connectivity index (χ3n) is 3.81. The molecule has 0 unspecified atom stereocenters. The highest BCUT2D eigenvalue weighted by atomic mass is 16.1. The molecule has 0 aliphatic rings. The number of rotatable bonds is 3. The van der Waals surface area contributed by atoms with Crippen molar-refractivity contribution in [2.75, 3.05) is 0 Å². The van der Waals surface area contributed by atoms with E-state index in [4.69, 9.17) is 0 Å². The lowest BCUT2D eigenvalue weighted by molar-refractivity contribution is 0.103. The first-order valence-corrected chi connectivity index (χ1v) is 7.61. The third-order valence-corrected chi connectivity index (χ3v) is 3.81. The Hall–Kier alpha value is -3.40. The second-order valence-electron chi connectivity index (χ2n) is 5.36. The molecule has 0 fully saturated rings. The normalized spacial score (nSPS) is 10.7. The number of ketones is 1. The van der Waals surface area contributed by atoms with Crippen molar-refractivity contribution >= 4 is 16.8 Å². The van der Waals surface area contributed by atoms with Gasteiger partial charge in [-0.15, -0.1) is 10.2 Å². The van der Waals surface area contributed by atoms with Crippen molar-refractivity contribution in [3.05, 3.63) is 90.0 Å². The summed E-state index contributed by atoms with van der Waals surface area (Å²) in [4.78, 5) is 17.4. The standard InChI is InChI=1S/C20H13N3O/c24-19(14-8-2-1-3-9-14)15-10-4-5-11-16(15)20-21-17-12-6-7-13-18(17)22-23-20/h1-13H. The molecule has 0 aliphatic heterocycles. The zero-order valence-corrected chi connectivity index (χ0v) is 12.8. The van der Waals surface area contributed by atoms with Gasteiger partial charge in [0.2, 0.25) is 0 Å². The SMILES string of the molecule is O=C(c1ccccc1)c1ccccc1-c1nnc2ccccc2n1. The van der Waals surface area contributed by atoms with Crippen LogP contribution in [0.15, 0.2) is 78.9 Å². The van der Waals surface area contributed by atoms with Gasteiger partial charge in [-0.05, 0) is 12.1 Å². The van der Waals surface area contributed by atoms with Gasteiger partial charge in [-0.2, -0.15) is 0 Å². The molecule has 24 heavy (non-hydrogen) atoms. The van der Waals surface area contributed by atoms with E-state index in [1.54, 1.807) is 18.2 Å². The van der Waals surface area contributed by atoms with Crippen LogP contribution in [0.2, 0.25) is 0 Å². The minimum Gasteiger partial charge on any atom is -0.289 e. The van der Waals surface area contributed by atoms with Crippen LogP contribution in [0.25, 0.3) is 22.4 Å². The van der Waals surface area contributed by atoms with Crippen LogP contribution in [0.1, 0.15) is 15.9 Å². The number of carbonyl (C=O) groups excluding carboxylic acids is 1. The molecule has 0 N–H and O–H groups in total. The fraction of sp³-hybridized carbons (Fsp3) is 0. The summed E-state index contributed by atoms with van der Waals surface area (Å²) in [5.41, 5.74) is 3.38. The number of nitrogens with zero attached hydrogens (tertiary/aromatic N) is 3. The summed E-state index contributed by atoms with van der Waals surface area (Å²) in [7, 11) is 0. The van der Waals surface area contributed by atoms with E-state index in [1.807, 2.05) is 60.7 Å².